The van der Waals surface area contributed by atoms with Crippen molar-refractivity contribution in [3.63, 3.8) is 0 Å². The van der Waals surface area contributed by atoms with Crippen LogP contribution >= 0.6 is 22.6 Å². The van der Waals surface area contributed by atoms with Gasteiger partial charge in [-0.3, -0.25) is 0 Å². The molecule has 0 spiro atoms. The first-order chi connectivity index (χ1) is 9.76. The maximum absolute atomic E-state index is 12.1. The zero-order chi connectivity index (χ0) is 15.6. The molecule has 6 nitrogen and oxygen atoms in total. The number of amides is 1. The molecule has 0 aliphatic carbocycles. The van der Waals surface area contributed by atoms with E-state index in [0.717, 1.165) is 3.57 Å². The van der Waals surface area contributed by atoms with Crippen molar-refractivity contribution in [3.05, 3.63) is 16.0 Å². The van der Waals surface area contributed by atoms with Crippen LogP contribution in [0.4, 0.5) is 10.7 Å². The van der Waals surface area contributed by atoms with Gasteiger partial charge in [-0.2, -0.15) is 0 Å². The van der Waals surface area contributed by atoms with Gasteiger partial charge in [-0.05, 0) is 50.3 Å². The van der Waals surface area contributed by atoms with Crippen LogP contribution in [0.1, 0.15) is 27.7 Å². The van der Waals surface area contributed by atoms with E-state index < -0.39 is 5.60 Å². The molecule has 7 heteroatoms. The second-order valence-corrected chi connectivity index (χ2v) is 7.42. The summed E-state index contributed by atoms with van der Waals surface area (Å²) in [6, 6.07) is 0.159. The van der Waals surface area contributed by atoms with Crippen molar-refractivity contribution in [2.24, 2.45) is 0 Å². The van der Waals surface area contributed by atoms with E-state index in [0.29, 0.717) is 25.6 Å². The minimum Gasteiger partial charge on any atom is -0.444 e. The van der Waals surface area contributed by atoms with E-state index in [1.54, 1.807) is 17.3 Å². The molecule has 1 aromatic heterocycles. The minimum absolute atomic E-state index is 0.159. The Balaban J connectivity index is 1.99. The van der Waals surface area contributed by atoms with E-state index in [4.69, 9.17) is 4.74 Å². The molecule has 0 aromatic carbocycles. The van der Waals surface area contributed by atoms with Crippen molar-refractivity contribution in [1.82, 2.24) is 14.9 Å². The van der Waals surface area contributed by atoms with Crippen LogP contribution in [0.15, 0.2) is 12.4 Å². The Labute approximate surface area is 139 Å². The molecule has 1 unspecified atom stereocenters. The molecule has 0 radical (unpaired) electrons. The highest BCUT2D eigenvalue weighted by atomic mass is 127. The highest BCUT2D eigenvalue weighted by Gasteiger charge is 2.30. The molecule has 1 aromatic rings. The van der Waals surface area contributed by atoms with Crippen LogP contribution in [0.3, 0.4) is 0 Å². The Bertz CT molecular complexity index is 501. The van der Waals surface area contributed by atoms with E-state index in [1.165, 1.54) is 0 Å². The molecule has 2 heterocycles. The van der Waals surface area contributed by atoms with Gasteiger partial charge in [0.25, 0.3) is 0 Å². The monoisotopic (exact) mass is 404 g/mol. The van der Waals surface area contributed by atoms with E-state index in [9.17, 15) is 4.79 Å². The van der Waals surface area contributed by atoms with E-state index in [2.05, 4.69) is 44.4 Å². The normalized spacial score (nSPS) is 19.6. The van der Waals surface area contributed by atoms with E-state index in [1.807, 2.05) is 20.8 Å². The Morgan fingerprint density at radius 3 is 2.48 bits per heavy atom. The summed E-state index contributed by atoms with van der Waals surface area (Å²) in [5.41, 5.74) is -0.462. The molecule has 1 fully saturated rings. The SMILES string of the molecule is CC1CN(C(=O)OC(C)(C)C)CCN1c1ncc(I)cn1. The van der Waals surface area contributed by atoms with Gasteiger partial charge in [0.2, 0.25) is 5.95 Å². The van der Waals surface area contributed by atoms with Gasteiger partial charge in [0.05, 0.1) is 0 Å². The summed E-state index contributed by atoms with van der Waals surface area (Å²) < 4.78 is 6.43. The van der Waals surface area contributed by atoms with Gasteiger partial charge in [-0.25, -0.2) is 14.8 Å². The highest BCUT2D eigenvalue weighted by Crippen LogP contribution is 2.18. The third-order valence-electron chi connectivity index (χ3n) is 3.14. The fourth-order valence-corrected chi connectivity index (χ4v) is 2.48. The second kappa shape index (κ2) is 6.33. The number of aromatic nitrogens is 2. The van der Waals surface area contributed by atoms with Gasteiger partial charge < -0.3 is 14.5 Å². The summed E-state index contributed by atoms with van der Waals surface area (Å²) in [5.74, 6) is 0.715. The van der Waals surface area contributed by atoms with Crippen molar-refractivity contribution in [3.8, 4) is 0 Å². The Kier molecular flexibility index (Phi) is 4.90. The number of anilines is 1. The van der Waals surface area contributed by atoms with Gasteiger partial charge in [0, 0.05) is 41.6 Å². The predicted octanol–water partition coefficient (Wildman–Crippen LogP) is 2.53. The number of rotatable bonds is 1. The fraction of sp³-hybridized carbons (Fsp3) is 0.643. The average Bonchev–Trinajstić information content (AvgIpc) is 2.38. The molecule has 1 amide bonds. The standard InChI is InChI=1S/C14H21IN4O2/c1-10-9-18(13(20)21-14(2,3)4)5-6-19(10)12-16-7-11(15)8-17-12/h7-8,10H,5-6,9H2,1-4H3. The smallest absolute Gasteiger partial charge is 0.410 e. The molecule has 1 aliphatic rings. The van der Waals surface area contributed by atoms with Crippen LogP contribution in [0, 0.1) is 3.57 Å². The zero-order valence-corrected chi connectivity index (χ0v) is 15.0. The molecule has 0 saturated carbocycles. The van der Waals surface area contributed by atoms with E-state index in [-0.39, 0.29) is 12.1 Å². The van der Waals surface area contributed by atoms with Crippen molar-refractivity contribution in [2.45, 2.75) is 39.3 Å². The number of hydrogen-bond acceptors (Lipinski definition) is 5. The molecule has 1 aliphatic heterocycles. The van der Waals surface area contributed by atoms with Crippen LogP contribution in [0.2, 0.25) is 0 Å². The molecular formula is C14H21IN4O2. The van der Waals surface area contributed by atoms with Gasteiger partial charge in [-0.1, -0.05) is 0 Å². The quantitative estimate of drug-likeness (QED) is 0.674. The van der Waals surface area contributed by atoms with Crippen molar-refractivity contribution < 1.29 is 9.53 Å². The van der Waals surface area contributed by atoms with Gasteiger partial charge in [0.15, 0.2) is 0 Å². The first kappa shape index (κ1) is 16.3. The van der Waals surface area contributed by atoms with Crippen LogP contribution in [0.5, 0.6) is 0 Å². The number of ether oxygens (including phenoxy) is 1. The lowest BCUT2D eigenvalue weighted by molar-refractivity contribution is 0.0218. The summed E-state index contributed by atoms with van der Waals surface area (Å²) in [4.78, 5) is 24.7. The topological polar surface area (TPSA) is 58.6 Å². The lowest BCUT2D eigenvalue weighted by atomic mass is 10.2. The fourth-order valence-electron chi connectivity index (χ4n) is 2.20. The summed E-state index contributed by atoms with van der Waals surface area (Å²) in [5, 5.41) is 0. The molecule has 1 saturated heterocycles. The van der Waals surface area contributed by atoms with Crippen molar-refractivity contribution in [1.29, 1.82) is 0 Å². The highest BCUT2D eigenvalue weighted by molar-refractivity contribution is 14.1. The number of carbonyl (C=O) groups is 1. The summed E-state index contributed by atoms with van der Waals surface area (Å²) >= 11 is 2.18. The lowest BCUT2D eigenvalue weighted by Crippen LogP contribution is -2.55. The molecule has 0 N–H and O–H groups in total. The van der Waals surface area contributed by atoms with Crippen LogP contribution in [-0.2, 0) is 4.74 Å². The van der Waals surface area contributed by atoms with Crippen LogP contribution in [0.25, 0.3) is 0 Å². The molecular weight excluding hydrogens is 383 g/mol. The first-order valence-corrected chi connectivity index (χ1v) is 8.06. The van der Waals surface area contributed by atoms with Crippen molar-refractivity contribution >= 4 is 34.6 Å². The van der Waals surface area contributed by atoms with Gasteiger partial charge in [-0.15, -0.1) is 0 Å². The zero-order valence-electron chi connectivity index (χ0n) is 12.8. The van der Waals surface area contributed by atoms with Gasteiger partial charge >= 0.3 is 6.09 Å². The Morgan fingerprint density at radius 1 is 1.33 bits per heavy atom. The van der Waals surface area contributed by atoms with Crippen molar-refractivity contribution in [2.75, 3.05) is 24.5 Å². The van der Waals surface area contributed by atoms with Crippen LogP contribution in [-0.4, -0.2) is 52.2 Å². The molecule has 0 bridgehead atoms. The number of halogens is 1. The molecule has 21 heavy (non-hydrogen) atoms. The summed E-state index contributed by atoms with van der Waals surface area (Å²) in [7, 11) is 0. The third-order valence-corrected chi connectivity index (χ3v) is 3.70. The number of hydrogen-bond donors (Lipinski definition) is 0. The molecule has 1 atom stereocenters. The largest absolute Gasteiger partial charge is 0.444 e. The van der Waals surface area contributed by atoms with Gasteiger partial charge in [0.1, 0.15) is 5.60 Å². The number of carbonyl (C=O) groups excluding carboxylic acids is 1. The molecule has 116 valence electrons. The predicted molar refractivity (Wildman–Crippen MR) is 89.4 cm³/mol. The summed E-state index contributed by atoms with van der Waals surface area (Å²) in [6.45, 7) is 9.65. The maximum Gasteiger partial charge on any atom is 0.410 e. The first-order valence-electron chi connectivity index (χ1n) is 6.98. The third kappa shape index (κ3) is 4.42. The van der Waals surface area contributed by atoms with E-state index >= 15 is 0 Å². The minimum atomic E-state index is -0.462. The molecule has 2 rings (SSSR count). The summed E-state index contributed by atoms with van der Waals surface area (Å²) in [6.07, 6.45) is 3.35. The Morgan fingerprint density at radius 2 is 1.95 bits per heavy atom. The maximum atomic E-state index is 12.1. The number of nitrogens with zero attached hydrogens (tertiary/aromatic N) is 4. The lowest BCUT2D eigenvalue weighted by Gasteiger charge is -2.40. The average molecular weight is 404 g/mol. The number of piperazine rings is 1. The second-order valence-electron chi connectivity index (χ2n) is 6.17. The van der Waals surface area contributed by atoms with Crippen LogP contribution < -0.4 is 4.90 Å². The Hall–Kier alpha value is -1.12.